The van der Waals surface area contributed by atoms with Crippen LogP contribution in [0.2, 0.25) is 0 Å². The van der Waals surface area contributed by atoms with Gasteiger partial charge in [-0.3, -0.25) is 9.98 Å². The molecular formula is C18H30N6. The molecule has 0 aromatic carbocycles. The first kappa shape index (κ1) is 16.9. The fourth-order valence-electron chi connectivity index (χ4n) is 3.77. The number of hydrogen-bond donors (Lipinski definition) is 0. The predicted molar refractivity (Wildman–Crippen MR) is 95.1 cm³/mol. The van der Waals surface area contributed by atoms with Crippen molar-refractivity contribution in [2.75, 3.05) is 13.1 Å². The first-order valence-electron chi connectivity index (χ1n) is 8.91. The Morgan fingerprint density at radius 2 is 1.12 bits per heavy atom. The molecule has 24 heavy (non-hydrogen) atoms. The minimum Gasteiger partial charge on any atom is -0.321 e. The van der Waals surface area contributed by atoms with E-state index in [9.17, 15) is 0 Å². The number of rotatable bonds is 4. The maximum absolute atomic E-state index is 4.85. The fourth-order valence-corrected chi connectivity index (χ4v) is 3.77. The third-order valence-corrected chi connectivity index (χ3v) is 5.16. The average molecular weight is 330 g/mol. The van der Waals surface area contributed by atoms with E-state index in [0.717, 1.165) is 24.3 Å². The maximum Gasteiger partial charge on any atom is 0.204 e. The van der Waals surface area contributed by atoms with Gasteiger partial charge in [-0.05, 0) is 31.1 Å². The molecule has 3 rings (SSSR count). The van der Waals surface area contributed by atoms with Crippen molar-refractivity contribution in [1.82, 2.24) is 18.3 Å². The van der Waals surface area contributed by atoms with Crippen LogP contribution in [0.25, 0.3) is 0 Å². The Morgan fingerprint density at radius 1 is 0.750 bits per heavy atom. The largest absolute Gasteiger partial charge is 0.321 e. The normalized spacial score (nSPS) is 21.0. The number of aromatic nitrogens is 4. The van der Waals surface area contributed by atoms with E-state index in [4.69, 9.17) is 9.98 Å². The molecule has 132 valence electrons. The SMILES string of the molecule is Cn1ccn(C)c1=NCC1CCCC(CN=c2n(C)ccn2C)C1. The highest BCUT2D eigenvalue weighted by molar-refractivity contribution is 4.81. The van der Waals surface area contributed by atoms with Crippen LogP contribution in [0.4, 0.5) is 0 Å². The highest BCUT2D eigenvalue weighted by Crippen LogP contribution is 2.29. The van der Waals surface area contributed by atoms with Crippen molar-refractivity contribution in [2.45, 2.75) is 25.7 Å². The van der Waals surface area contributed by atoms with Crippen molar-refractivity contribution in [1.29, 1.82) is 0 Å². The Bertz CT molecular complexity index is 689. The van der Waals surface area contributed by atoms with Crippen molar-refractivity contribution in [3.8, 4) is 0 Å². The Balaban J connectivity index is 1.63. The lowest BCUT2D eigenvalue weighted by atomic mass is 9.81. The third kappa shape index (κ3) is 3.74. The second-order valence-electron chi connectivity index (χ2n) is 7.22. The molecule has 6 heteroatoms. The second kappa shape index (κ2) is 7.28. The molecule has 2 heterocycles. The predicted octanol–water partition coefficient (Wildman–Crippen LogP) is 1.35. The molecule has 2 atom stereocenters. The zero-order valence-electron chi connectivity index (χ0n) is 15.4. The number of hydrogen-bond acceptors (Lipinski definition) is 2. The first-order chi connectivity index (χ1) is 11.5. The molecule has 1 aliphatic rings. The van der Waals surface area contributed by atoms with E-state index in [0.29, 0.717) is 11.8 Å². The molecule has 1 aliphatic carbocycles. The minimum atomic E-state index is 0.691. The molecule has 1 fully saturated rings. The number of nitrogens with zero attached hydrogens (tertiary/aromatic N) is 6. The van der Waals surface area contributed by atoms with Gasteiger partial charge in [0.15, 0.2) is 0 Å². The van der Waals surface area contributed by atoms with Crippen LogP contribution in [0.15, 0.2) is 34.8 Å². The van der Waals surface area contributed by atoms with Crippen molar-refractivity contribution in [2.24, 2.45) is 50.0 Å². The van der Waals surface area contributed by atoms with Crippen LogP contribution < -0.4 is 11.2 Å². The highest BCUT2D eigenvalue weighted by Gasteiger charge is 2.21. The molecule has 0 saturated heterocycles. The average Bonchev–Trinajstić information content (AvgIpc) is 3.06. The Labute approximate surface area is 143 Å². The lowest BCUT2D eigenvalue weighted by Crippen LogP contribution is -2.27. The van der Waals surface area contributed by atoms with Crippen molar-refractivity contribution < 1.29 is 0 Å². The summed E-state index contributed by atoms with van der Waals surface area (Å²) in [5, 5.41) is 0. The monoisotopic (exact) mass is 330 g/mol. The molecule has 0 spiro atoms. The summed E-state index contributed by atoms with van der Waals surface area (Å²) in [5.74, 6) is 1.38. The Kier molecular flexibility index (Phi) is 5.11. The molecular weight excluding hydrogens is 300 g/mol. The van der Waals surface area contributed by atoms with Gasteiger partial charge in [0.05, 0.1) is 0 Å². The van der Waals surface area contributed by atoms with Crippen LogP contribution in [0.5, 0.6) is 0 Å². The molecule has 2 aromatic rings. The molecule has 0 amide bonds. The van der Waals surface area contributed by atoms with E-state index in [1.54, 1.807) is 0 Å². The number of aryl methyl sites for hydroxylation is 4. The second-order valence-corrected chi connectivity index (χ2v) is 7.22. The topological polar surface area (TPSA) is 44.4 Å². The summed E-state index contributed by atoms with van der Waals surface area (Å²) in [6, 6.07) is 0. The van der Waals surface area contributed by atoms with Gasteiger partial charge in [-0.1, -0.05) is 6.42 Å². The lowest BCUT2D eigenvalue weighted by molar-refractivity contribution is 0.274. The van der Waals surface area contributed by atoms with Crippen LogP contribution in [0, 0.1) is 11.8 Å². The van der Waals surface area contributed by atoms with Crippen LogP contribution in [-0.4, -0.2) is 31.4 Å². The minimum absolute atomic E-state index is 0.691. The van der Waals surface area contributed by atoms with E-state index in [1.807, 2.05) is 0 Å². The standard InChI is InChI=1S/C18H30N6/c1-21-8-9-22(2)17(21)19-13-15-6-5-7-16(12-15)14-20-18-23(3)10-11-24(18)4/h8-11,15-16H,5-7,12-14H2,1-4H3. The molecule has 1 saturated carbocycles. The van der Waals surface area contributed by atoms with E-state index < -0.39 is 0 Å². The van der Waals surface area contributed by atoms with Gasteiger partial charge in [0.1, 0.15) is 0 Å². The maximum atomic E-state index is 4.85. The summed E-state index contributed by atoms with van der Waals surface area (Å²) in [6.45, 7) is 1.86. The van der Waals surface area contributed by atoms with Crippen molar-refractivity contribution in [3.05, 3.63) is 36.0 Å². The van der Waals surface area contributed by atoms with E-state index in [-0.39, 0.29) is 0 Å². The third-order valence-electron chi connectivity index (χ3n) is 5.16. The van der Waals surface area contributed by atoms with Gasteiger partial charge in [-0.25, -0.2) is 0 Å². The molecule has 6 nitrogen and oxygen atoms in total. The molecule has 2 unspecified atom stereocenters. The zero-order chi connectivity index (χ0) is 17.1. The van der Waals surface area contributed by atoms with Crippen LogP contribution >= 0.6 is 0 Å². The molecule has 0 bridgehead atoms. The van der Waals surface area contributed by atoms with Gasteiger partial charge >= 0.3 is 0 Å². The van der Waals surface area contributed by atoms with E-state index in [2.05, 4.69) is 71.2 Å². The fraction of sp³-hybridized carbons (Fsp3) is 0.667. The van der Waals surface area contributed by atoms with Crippen molar-refractivity contribution in [3.63, 3.8) is 0 Å². The molecule has 0 aliphatic heterocycles. The van der Waals surface area contributed by atoms with Gasteiger partial charge in [-0.2, -0.15) is 0 Å². The summed E-state index contributed by atoms with van der Waals surface area (Å²) in [4.78, 5) is 9.70. The Hall–Kier alpha value is -1.98. The van der Waals surface area contributed by atoms with Crippen LogP contribution in [-0.2, 0) is 28.2 Å². The van der Waals surface area contributed by atoms with Gasteiger partial charge in [-0.15, -0.1) is 0 Å². The highest BCUT2D eigenvalue weighted by atomic mass is 15.2. The molecule has 2 aromatic heterocycles. The van der Waals surface area contributed by atoms with Crippen molar-refractivity contribution >= 4 is 0 Å². The van der Waals surface area contributed by atoms with Gasteiger partial charge in [0.2, 0.25) is 11.2 Å². The van der Waals surface area contributed by atoms with E-state index >= 15 is 0 Å². The summed E-state index contributed by atoms with van der Waals surface area (Å²) in [5.41, 5.74) is 2.11. The zero-order valence-corrected chi connectivity index (χ0v) is 15.4. The smallest absolute Gasteiger partial charge is 0.204 e. The Morgan fingerprint density at radius 3 is 1.50 bits per heavy atom. The van der Waals surface area contributed by atoms with Crippen LogP contribution in [0.3, 0.4) is 0 Å². The summed E-state index contributed by atoms with van der Waals surface area (Å²) in [7, 11) is 8.23. The van der Waals surface area contributed by atoms with Crippen LogP contribution in [0.1, 0.15) is 25.7 Å². The number of imidazole rings is 2. The first-order valence-corrected chi connectivity index (χ1v) is 8.91. The van der Waals surface area contributed by atoms with Gasteiger partial charge in [0.25, 0.3) is 0 Å². The van der Waals surface area contributed by atoms with Gasteiger partial charge < -0.3 is 18.3 Å². The summed E-state index contributed by atoms with van der Waals surface area (Å²) < 4.78 is 8.35. The lowest BCUT2D eigenvalue weighted by Gasteiger charge is -2.27. The van der Waals surface area contributed by atoms with E-state index in [1.165, 1.54) is 25.7 Å². The molecule has 0 N–H and O–H groups in total. The summed E-state index contributed by atoms with van der Waals surface area (Å²) >= 11 is 0. The summed E-state index contributed by atoms with van der Waals surface area (Å²) in [6.07, 6.45) is 13.4. The van der Waals surface area contributed by atoms with Gasteiger partial charge in [0, 0.05) is 66.1 Å². The quantitative estimate of drug-likeness (QED) is 0.812. The molecule has 0 radical (unpaired) electrons.